The zero-order valence-electron chi connectivity index (χ0n) is 14.9. The summed E-state index contributed by atoms with van der Waals surface area (Å²) in [6.07, 6.45) is 0. The van der Waals surface area contributed by atoms with Crippen molar-refractivity contribution in [2.24, 2.45) is 0 Å². The summed E-state index contributed by atoms with van der Waals surface area (Å²) in [5.41, 5.74) is 1.63. The largest absolute Gasteiger partial charge is 0.493 e. The summed E-state index contributed by atoms with van der Waals surface area (Å²) in [6.45, 7) is 2.30. The average Bonchev–Trinajstić information content (AvgIpc) is 2.65. The molecule has 0 heterocycles. The first-order chi connectivity index (χ1) is 13.1. The molecule has 148 valence electrons. The number of aliphatic hydroxyl groups is 1. The van der Waals surface area contributed by atoms with E-state index in [1.54, 1.807) is 25.3 Å². The molecule has 0 aromatic heterocycles. The van der Waals surface area contributed by atoms with Gasteiger partial charge in [-0.25, -0.2) is 0 Å². The molecule has 0 amide bonds. The molecule has 8 heteroatoms. The van der Waals surface area contributed by atoms with Gasteiger partial charge in [0.2, 0.25) is 0 Å². The van der Waals surface area contributed by atoms with Crippen LogP contribution in [0.2, 0.25) is 15.1 Å². The summed E-state index contributed by atoms with van der Waals surface area (Å²) in [5, 5.41) is 13.4. The van der Waals surface area contributed by atoms with Crippen molar-refractivity contribution in [2.45, 2.75) is 13.2 Å². The Hall–Kier alpha value is -1.21. The molecule has 0 saturated heterocycles. The summed E-state index contributed by atoms with van der Waals surface area (Å²) in [6, 6.07) is 8.96. The third kappa shape index (κ3) is 6.71. The molecule has 0 saturated carbocycles. The number of benzene rings is 2. The molecule has 0 spiro atoms. The number of hydrogen-bond acceptors (Lipinski definition) is 5. The maximum absolute atomic E-state index is 8.66. The fraction of sp³-hybridized carbons (Fsp3) is 0.368. The molecule has 0 aliphatic rings. The average molecular weight is 435 g/mol. The predicted octanol–water partition coefficient (Wildman–Crippen LogP) is 4.33. The van der Waals surface area contributed by atoms with Crippen LogP contribution in [0.25, 0.3) is 0 Å². The number of hydrogen-bond donors (Lipinski definition) is 2. The fourth-order valence-electron chi connectivity index (χ4n) is 2.37. The van der Waals surface area contributed by atoms with E-state index in [0.717, 1.165) is 5.56 Å². The van der Waals surface area contributed by atoms with Gasteiger partial charge in [0.05, 0.1) is 32.0 Å². The van der Waals surface area contributed by atoms with Crippen molar-refractivity contribution in [1.82, 2.24) is 5.32 Å². The Labute approximate surface area is 174 Å². The first-order valence-electron chi connectivity index (χ1n) is 8.38. The lowest BCUT2D eigenvalue weighted by atomic mass is 10.2. The highest BCUT2D eigenvalue weighted by Gasteiger charge is 2.14. The third-order valence-corrected chi connectivity index (χ3v) is 4.69. The number of nitrogens with one attached hydrogen (secondary N) is 1. The van der Waals surface area contributed by atoms with Crippen molar-refractivity contribution in [3.63, 3.8) is 0 Å². The molecule has 5 nitrogen and oxygen atoms in total. The van der Waals surface area contributed by atoms with Crippen LogP contribution in [0.1, 0.15) is 11.1 Å². The summed E-state index contributed by atoms with van der Waals surface area (Å²) in [7, 11) is 1.56. The van der Waals surface area contributed by atoms with Crippen LogP contribution in [0.4, 0.5) is 0 Å². The molecule has 0 radical (unpaired) electrons. The van der Waals surface area contributed by atoms with Gasteiger partial charge in [-0.05, 0) is 29.8 Å². The lowest BCUT2D eigenvalue weighted by molar-refractivity contribution is 0.0938. The maximum atomic E-state index is 8.66. The van der Waals surface area contributed by atoms with Crippen LogP contribution in [0.3, 0.4) is 0 Å². The molecular weight excluding hydrogens is 413 g/mol. The van der Waals surface area contributed by atoms with Crippen LogP contribution in [-0.4, -0.2) is 38.6 Å². The van der Waals surface area contributed by atoms with Gasteiger partial charge in [0.1, 0.15) is 6.61 Å². The van der Waals surface area contributed by atoms with Crippen molar-refractivity contribution in [1.29, 1.82) is 0 Å². The lowest BCUT2D eigenvalue weighted by Crippen LogP contribution is -2.20. The minimum atomic E-state index is 0.0215. The van der Waals surface area contributed by atoms with Crippen LogP contribution < -0.4 is 14.8 Å². The van der Waals surface area contributed by atoms with Crippen LogP contribution in [0.15, 0.2) is 30.3 Å². The summed E-state index contributed by atoms with van der Waals surface area (Å²) in [5.74, 6) is 0.962. The maximum Gasteiger partial charge on any atom is 0.180 e. The summed E-state index contributed by atoms with van der Waals surface area (Å²) < 4.78 is 16.5. The van der Waals surface area contributed by atoms with E-state index in [-0.39, 0.29) is 13.2 Å². The first kappa shape index (κ1) is 22.1. The molecular formula is C19H22Cl3NO4. The normalized spacial score (nSPS) is 10.9. The van der Waals surface area contributed by atoms with E-state index in [2.05, 4.69) is 5.32 Å². The van der Waals surface area contributed by atoms with Crippen molar-refractivity contribution in [3.05, 3.63) is 56.5 Å². The lowest BCUT2D eigenvalue weighted by Gasteiger charge is -2.15. The number of rotatable bonds is 11. The highest BCUT2D eigenvalue weighted by molar-refractivity contribution is 6.36. The zero-order chi connectivity index (χ0) is 19.6. The smallest absolute Gasteiger partial charge is 0.180 e. The number of aliphatic hydroxyl groups excluding tert-OH is 1. The minimum Gasteiger partial charge on any atom is -0.493 e. The topological polar surface area (TPSA) is 60.0 Å². The Morgan fingerprint density at radius 3 is 2.44 bits per heavy atom. The van der Waals surface area contributed by atoms with E-state index < -0.39 is 0 Å². The molecule has 0 bridgehead atoms. The highest BCUT2D eigenvalue weighted by Crippen LogP contribution is 2.37. The molecule has 0 unspecified atom stereocenters. The summed E-state index contributed by atoms with van der Waals surface area (Å²) in [4.78, 5) is 0. The van der Waals surface area contributed by atoms with E-state index in [1.165, 1.54) is 0 Å². The molecule has 0 atom stereocenters. The second-order valence-corrected chi connectivity index (χ2v) is 6.83. The van der Waals surface area contributed by atoms with Gasteiger partial charge in [-0.15, -0.1) is 0 Å². The van der Waals surface area contributed by atoms with E-state index >= 15 is 0 Å². The monoisotopic (exact) mass is 433 g/mol. The number of halogens is 3. The first-order valence-corrected chi connectivity index (χ1v) is 9.51. The van der Waals surface area contributed by atoms with Gasteiger partial charge in [0.25, 0.3) is 0 Å². The van der Waals surface area contributed by atoms with Crippen LogP contribution in [0.5, 0.6) is 11.5 Å². The van der Waals surface area contributed by atoms with Gasteiger partial charge >= 0.3 is 0 Å². The summed E-state index contributed by atoms with van der Waals surface area (Å²) >= 11 is 18.7. The van der Waals surface area contributed by atoms with Gasteiger partial charge in [0, 0.05) is 28.7 Å². The number of ether oxygens (including phenoxy) is 3. The molecule has 2 aromatic carbocycles. The quantitative estimate of drug-likeness (QED) is 0.515. The molecule has 2 rings (SSSR count). The molecule has 0 fully saturated rings. The Bertz CT molecular complexity index is 723. The minimum absolute atomic E-state index is 0.0215. The zero-order valence-corrected chi connectivity index (χ0v) is 17.2. The molecule has 27 heavy (non-hydrogen) atoms. The fourth-order valence-corrected chi connectivity index (χ4v) is 3.17. The number of methoxy groups -OCH3 is 1. The van der Waals surface area contributed by atoms with Crippen LogP contribution in [-0.2, 0) is 17.9 Å². The molecule has 2 aromatic rings. The molecule has 0 aliphatic carbocycles. The van der Waals surface area contributed by atoms with Crippen LogP contribution >= 0.6 is 34.8 Å². The van der Waals surface area contributed by atoms with Gasteiger partial charge < -0.3 is 24.6 Å². The van der Waals surface area contributed by atoms with E-state index in [9.17, 15) is 0 Å². The van der Waals surface area contributed by atoms with E-state index in [1.807, 2.05) is 12.1 Å². The van der Waals surface area contributed by atoms with E-state index in [4.69, 9.17) is 54.1 Å². The highest BCUT2D eigenvalue weighted by atomic mass is 35.5. The third-order valence-electron chi connectivity index (χ3n) is 3.70. The van der Waals surface area contributed by atoms with Crippen molar-refractivity contribution in [3.8, 4) is 11.5 Å². The van der Waals surface area contributed by atoms with Crippen molar-refractivity contribution >= 4 is 34.8 Å². The van der Waals surface area contributed by atoms with Gasteiger partial charge in [-0.3, -0.25) is 0 Å². The Morgan fingerprint density at radius 1 is 1.04 bits per heavy atom. The standard InChI is InChI=1S/C19H22Cl3NO4/c1-25-18-10-13(11-23-5-7-26-8-6-24)9-17(22)19(18)27-12-14-15(20)3-2-4-16(14)21/h2-4,9-10,23-24H,5-8,11-12H2,1H3. The second kappa shape index (κ2) is 11.6. The van der Waals surface area contributed by atoms with Gasteiger partial charge in [0.15, 0.2) is 11.5 Å². The van der Waals surface area contributed by atoms with Crippen molar-refractivity contribution < 1.29 is 19.3 Å². The predicted molar refractivity (Wildman–Crippen MR) is 108 cm³/mol. The van der Waals surface area contributed by atoms with Crippen LogP contribution in [0, 0.1) is 0 Å². The Morgan fingerprint density at radius 2 is 1.78 bits per heavy atom. The second-order valence-electron chi connectivity index (χ2n) is 5.61. The van der Waals surface area contributed by atoms with Crippen molar-refractivity contribution in [2.75, 3.05) is 33.5 Å². The van der Waals surface area contributed by atoms with Gasteiger partial charge in [-0.2, -0.15) is 0 Å². The van der Waals surface area contributed by atoms with Gasteiger partial charge in [-0.1, -0.05) is 40.9 Å². The van der Waals surface area contributed by atoms with E-state index in [0.29, 0.717) is 58.4 Å². The SMILES string of the molecule is COc1cc(CNCCOCCO)cc(Cl)c1OCc1c(Cl)cccc1Cl. The molecule has 2 N–H and O–H groups in total. The molecule has 0 aliphatic heterocycles. The Balaban J connectivity index is 2.01. The Kier molecular flexibility index (Phi) is 9.48.